The third-order valence-corrected chi connectivity index (χ3v) is 7.33. The van der Waals surface area contributed by atoms with Gasteiger partial charge in [0.15, 0.2) is 0 Å². The summed E-state index contributed by atoms with van der Waals surface area (Å²) in [7, 11) is -3.71. The van der Waals surface area contributed by atoms with Crippen molar-refractivity contribution in [1.29, 1.82) is 0 Å². The molecule has 27 heavy (non-hydrogen) atoms. The minimum atomic E-state index is -3.71. The van der Waals surface area contributed by atoms with Crippen molar-refractivity contribution in [3.63, 3.8) is 0 Å². The number of thiophene rings is 1. The van der Waals surface area contributed by atoms with E-state index in [4.69, 9.17) is 4.18 Å². The van der Waals surface area contributed by atoms with Crippen LogP contribution in [0.2, 0.25) is 0 Å². The Bertz CT molecular complexity index is 775. The largest absolute Gasteiger partial charge is 0.303 e. The van der Waals surface area contributed by atoms with Crippen LogP contribution in [0.5, 0.6) is 0 Å². The average molecular weight is 408 g/mol. The maximum Gasteiger partial charge on any atom is 0.296 e. The van der Waals surface area contributed by atoms with Gasteiger partial charge in [0.1, 0.15) is 0 Å². The highest BCUT2D eigenvalue weighted by atomic mass is 32.2. The molecule has 0 aliphatic carbocycles. The van der Waals surface area contributed by atoms with Gasteiger partial charge in [-0.25, -0.2) is 0 Å². The van der Waals surface area contributed by atoms with Gasteiger partial charge in [0.2, 0.25) is 0 Å². The normalized spacial score (nSPS) is 21.4. The second kappa shape index (κ2) is 9.82. The summed E-state index contributed by atoms with van der Waals surface area (Å²) in [6, 6.07) is 10.6. The van der Waals surface area contributed by atoms with E-state index in [1.165, 1.54) is 24.8 Å². The molecule has 1 aromatic heterocycles. The summed E-state index contributed by atoms with van der Waals surface area (Å²) >= 11 is 1.70. The van der Waals surface area contributed by atoms with Gasteiger partial charge in [-0.05, 0) is 66.4 Å². The number of hydrogen-bond acceptors (Lipinski definition) is 5. The van der Waals surface area contributed by atoms with Crippen LogP contribution in [0.1, 0.15) is 44.1 Å². The van der Waals surface area contributed by atoms with Crippen LogP contribution in [0.15, 0.2) is 52.1 Å². The quantitative estimate of drug-likeness (QED) is 0.445. The molecule has 1 aliphatic rings. The third kappa shape index (κ3) is 5.64. The van der Waals surface area contributed by atoms with Gasteiger partial charge in [0, 0.05) is 12.5 Å². The van der Waals surface area contributed by atoms with Crippen LogP contribution in [0.3, 0.4) is 0 Å². The first-order valence-corrected chi connectivity index (χ1v) is 12.1. The Hall–Kier alpha value is -1.21. The molecule has 4 nitrogen and oxygen atoms in total. The van der Waals surface area contributed by atoms with E-state index in [2.05, 4.69) is 28.7 Å². The van der Waals surface area contributed by atoms with Gasteiger partial charge in [-0.2, -0.15) is 19.8 Å². The van der Waals surface area contributed by atoms with Crippen molar-refractivity contribution in [2.24, 2.45) is 5.92 Å². The molecule has 1 fully saturated rings. The van der Waals surface area contributed by atoms with Crippen molar-refractivity contribution in [3.05, 3.63) is 52.7 Å². The number of piperidine rings is 1. The fourth-order valence-electron chi connectivity index (χ4n) is 3.82. The SMILES string of the molecule is CCCCCN1CCC(c2ccsc2)C(COS(=O)(=O)c2ccccc2)C1. The predicted molar refractivity (Wildman–Crippen MR) is 111 cm³/mol. The van der Waals surface area contributed by atoms with Crippen LogP contribution >= 0.6 is 11.3 Å². The lowest BCUT2D eigenvalue weighted by atomic mass is 9.82. The molecule has 1 aliphatic heterocycles. The highest BCUT2D eigenvalue weighted by molar-refractivity contribution is 7.86. The Morgan fingerprint density at radius 2 is 2.00 bits per heavy atom. The summed E-state index contributed by atoms with van der Waals surface area (Å²) in [5.74, 6) is 0.554. The maximum absolute atomic E-state index is 12.5. The van der Waals surface area contributed by atoms with Crippen LogP contribution in [-0.2, 0) is 14.3 Å². The fourth-order valence-corrected chi connectivity index (χ4v) is 5.53. The molecule has 0 amide bonds. The second-order valence-electron chi connectivity index (χ2n) is 7.27. The lowest BCUT2D eigenvalue weighted by molar-refractivity contribution is 0.112. The molecular weight excluding hydrogens is 378 g/mol. The molecule has 2 unspecified atom stereocenters. The Balaban J connectivity index is 1.67. The van der Waals surface area contributed by atoms with E-state index in [1.54, 1.807) is 41.7 Å². The van der Waals surface area contributed by atoms with Crippen molar-refractivity contribution in [3.8, 4) is 0 Å². The van der Waals surface area contributed by atoms with Crippen molar-refractivity contribution < 1.29 is 12.6 Å². The number of nitrogens with zero attached hydrogens (tertiary/aromatic N) is 1. The minimum Gasteiger partial charge on any atom is -0.303 e. The monoisotopic (exact) mass is 407 g/mol. The summed E-state index contributed by atoms with van der Waals surface area (Å²) in [6.07, 6.45) is 4.72. The second-order valence-corrected chi connectivity index (χ2v) is 9.67. The highest BCUT2D eigenvalue weighted by Gasteiger charge is 2.32. The van der Waals surface area contributed by atoms with Crippen molar-refractivity contribution in [2.75, 3.05) is 26.2 Å². The molecule has 1 saturated heterocycles. The van der Waals surface area contributed by atoms with Crippen LogP contribution in [0, 0.1) is 5.92 Å². The topological polar surface area (TPSA) is 46.6 Å². The lowest BCUT2D eigenvalue weighted by Gasteiger charge is -2.38. The molecule has 0 spiro atoms. The molecule has 0 N–H and O–H groups in total. The number of likely N-dealkylation sites (tertiary alicyclic amines) is 1. The lowest BCUT2D eigenvalue weighted by Crippen LogP contribution is -2.42. The molecule has 2 atom stereocenters. The zero-order valence-electron chi connectivity index (χ0n) is 15.9. The van der Waals surface area contributed by atoms with Gasteiger partial charge in [-0.1, -0.05) is 38.0 Å². The Morgan fingerprint density at radius 3 is 2.70 bits per heavy atom. The predicted octanol–water partition coefficient (Wildman–Crippen LogP) is 4.75. The van der Waals surface area contributed by atoms with Gasteiger partial charge >= 0.3 is 0 Å². The Kier molecular flexibility index (Phi) is 7.47. The summed E-state index contributed by atoms with van der Waals surface area (Å²) < 4.78 is 30.6. The van der Waals surface area contributed by atoms with Crippen LogP contribution in [0.25, 0.3) is 0 Å². The third-order valence-electron chi connectivity index (χ3n) is 5.34. The fraction of sp³-hybridized carbons (Fsp3) is 0.524. The van der Waals surface area contributed by atoms with E-state index in [-0.39, 0.29) is 17.4 Å². The number of rotatable bonds is 9. The Morgan fingerprint density at radius 1 is 1.19 bits per heavy atom. The number of benzene rings is 1. The van der Waals surface area contributed by atoms with Gasteiger partial charge in [-0.3, -0.25) is 4.18 Å². The van der Waals surface area contributed by atoms with Crippen molar-refractivity contribution in [2.45, 2.75) is 43.4 Å². The smallest absolute Gasteiger partial charge is 0.296 e. The summed E-state index contributed by atoms with van der Waals surface area (Å²) in [5, 5.41) is 4.29. The molecule has 2 heterocycles. The molecular formula is C21H29NO3S2. The molecule has 3 rings (SSSR count). The first-order chi connectivity index (χ1) is 13.1. The first-order valence-electron chi connectivity index (χ1n) is 9.79. The van der Waals surface area contributed by atoms with Crippen molar-refractivity contribution >= 4 is 21.5 Å². The van der Waals surface area contributed by atoms with E-state index in [1.807, 2.05) is 0 Å². The van der Waals surface area contributed by atoms with Gasteiger partial charge in [0.05, 0.1) is 11.5 Å². The van der Waals surface area contributed by atoms with Gasteiger partial charge in [0.25, 0.3) is 10.1 Å². The summed E-state index contributed by atoms with van der Waals surface area (Å²) in [5.41, 5.74) is 1.32. The maximum atomic E-state index is 12.5. The molecule has 6 heteroatoms. The first kappa shape index (κ1) is 20.5. The van der Waals surface area contributed by atoms with E-state index in [0.717, 1.165) is 26.1 Å². The number of hydrogen-bond donors (Lipinski definition) is 0. The van der Waals surface area contributed by atoms with Crippen molar-refractivity contribution in [1.82, 2.24) is 4.90 Å². The molecule has 148 valence electrons. The van der Waals surface area contributed by atoms with E-state index in [0.29, 0.717) is 5.92 Å². The van der Waals surface area contributed by atoms with E-state index in [9.17, 15) is 8.42 Å². The summed E-state index contributed by atoms with van der Waals surface area (Å²) in [4.78, 5) is 2.70. The van der Waals surface area contributed by atoms with E-state index >= 15 is 0 Å². The zero-order chi connectivity index (χ0) is 19.1. The van der Waals surface area contributed by atoms with Gasteiger partial charge < -0.3 is 4.90 Å². The molecule has 0 bridgehead atoms. The summed E-state index contributed by atoms with van der Waals surface area (Å²) in [6.45, 7) is 5.52. The Labute approximate surface area is 167 Å². The zero-order valence-corrected chi connectivity index (χ0v) is 17.6. The van der Waals surface area contributed by atoms with Crippen LogP contribution in [0.4, 0.5) is 0 Å². The molecule has 0 radical (unpaired) electrons. The van der Waals surface area contributed by atoms with Gasteiger partial charge in [-0.15, -0.1) is 0 Å². The highest BCUT2D eigenvalue weighted by Crippen LogP contribution is 2.35. The average Bonchev–Trinajstić information content (AvgIpc) is 3.22. The van der Waals surface area contributed by atoms with E-state index < -0.39 is 10.1 Å². The number of unbranched alkanes of at least 4 members (excludes halogenated alkanes) is 2. The molecule has 2 aromatic rings. The van der Waals surface area contributed by atoms with Crippen LogP contribution < -0.4 is 0 Å². The molecule has 1 aromatic carbocycles. The molecule has 0 saturated carbocycles. The van der Waals surface area contributed by atoms with Crippen LogP contribution in [-0.4, -0.2) is 39.6 Å². The minimum absolute atomic E-state index is 0.188. The standard InChI is InChI=1S/C21H29NO3S2/c1-2-3-7-12-22-13-10-21(18-11-14-26-17-18)19(15-22)16-25-27(23,24)20-8-5-4-6-9-20/h4-6,8-9,11,14,17,19,21H,2-3,7,10,12-13,15-16H2,1H3.